The number of carbonyl (C=O) groups is 2. The molecule has 4 aromatic rings. The minimum atomic E-state index is -0.490. The quantitative estimate of drug-likeness (QED) is 0.425. The van der Waals surface area contributed by atoms with E-state index < -0.39 is 11.7 Å². The predicted molar refractivity (Wildman–Crippen MR) is 119 cm³/mol. The van der Waals surface area contributed by atoms with Crippen LogP contribution in [0.3, 0.4) is 0 Å². The number of fused-ring (bicyclic) bond motifs is 1. The first kappa shape index (κ1) is 20.7. The normalized spacial score (nSPS) is 10.4. The third-order valence-electron chi connectivity index (χ3n) is 4.46. The smallest absolute Gasteiger partial charge is 0.256 e. The van der Waals surface area contributed by atoms with Crippen molar-refractivity contribution in [2.75, 3.05) is 10.6 Å². The molecule has 0 saturated heterocycles. The van der Waals surface area contributed by atoms with Crippen molar-refractivity contribution in [1.29, 1.82) is 0 Å². The van der Waals surface area contributed by atoms with Crippen LogP contribution in [0.4, 0.5) is 15.9 Å². The van der Waals surface area contributed by atoms with Crippen molar-refractivity contribution in [3.8, 4) is 11.5 Å². The van der Waals surface area contributed by atoms with Crippen LogP contribution >= 0.6 is 0 Å². The average molecular weight is 428 g/mol. The van der Waals surface area contributed by atoms with Gasteiger partial charge in [-0.2, -0.15) is 0 Å². The highest BCUT2D eigenvalue weighted by Gasteiger charge is 2.10. The van der Waals surface area contributed by atoms with E-state index in [2.05, 4.69) is 27.2 Å². The minimum absolute atomic E-state index is 0.123. The molecule has 2 aromatic carbocycles. The van der Waals surface area contributed by atoms with E-state index >= 15 is 0 Å². The van der Waals surface area contributed by atoms with Gasteiger partial charge in [0.25, 0.3) is 5.91 Å². The zero-order valence-corrected chi connectivity index (χ0v) is 16.7. The molecule has 0 atom stereocenters. The molecule has 8 heteroatoms. The molecule has 2 N–H and O–H groups in total. The molecule has 0 unspecified atom stereocenters. The van der Waals surface area contributed by atoms with Crippen molar-refractivity contribution in [1.82, 2.24) is 9.97 Å². The summed E-state index contributed by atoms with van der Waals surface area (Å²) in [6.07, 6.45) is 4.08. The van der Waals surface area contributed by atoms with E-state index in [-0.39, 0.29) is 11.7 Å². The van der Waals surface area contributed by atoms with Crippen molar-refractivity contribution in [2.45, 2.75) is 0 Å². The monoisotopic (exact) mass is 428 g/mol. The zero-order chi connectivity index (χ0) is 22.5. The standard InChI is InChI=1S/C24H17FN4O3/c1-2-23(30)28-17-5-8-20-19(14-17)21(10-12-26-20)32-18-6-3-15(4-7-18)24(31)29-22-13-16(25)9-11-27-22/h2-14H,1H2,(H,28,30)(H,27,29,31). The fourth-order valence-corrected chi connectivity index (χ4v) is 2.94. The molecule has 7 nitrogen and oxygen atoms in total. The lowest BCUT2D eigenvalue weighted by atomic mass is 10.1. The number of hydrogen-bond donors (Lipinski definition) is 2. The van der Waals surface area contributed by atoms with E-state index in [1.165, 1.54) is 18.3 Å². The van der Waals surface area contributed by atoms with Crippen LogP contribution in [0.15, 0.2) is 85.7 Å². The second kappa shape index (κ2) is 9.05. The predicted octanol–water partition coefficient (Wildman–Crippen LogP) is 4.94. The third kappa shape index (κ3) is 4.76. The highest BCUT2D eigenvalue weighted by Crippen LogP contribution is 2.31. The summed E-state index contributed by atoms with van der Waals surface area (Å²) in [6, 6.07) is 15.8. The fourth-order valence-electron chi connectivity index (χ4n) is 2.94. The van der Waals surface area contributed by atoms with Crippen molar-refractivity contribution < 1.29 is 18.7 Å². The van der Waals surface area contributed by atoms with Gasteiger partial charge in [-0.3, -0.25) is 14.6 Å². The molecule has 0 aliphatic rings. The van der Waals surface area contributed by atoms with Gasteiger partial charge >= 0.3 is 0 Å². The van der Waals surface area contributed by atoms with Gasteiger partial charge in [-0.1, -0.05) is 6.58 Å². The Balaban J connectivity index is 1.52. The van der Waals surface area contributed by atoms with Gasteiger partial charge in [0.05, 0.1) is 5.52 Å². The number of benzene rings is 2. The van der Waals surface area contributed by atoms with Gasteiger partial charge in [0.15, 0.2) is 0 Å². The molecule has 0 bridgehead atoms. The Morgan fingerprint density at radius 2 is 1.72 bits per heavy atom. The second-order valence-electron chi connectivity index (χ2n) is 6.67. The van der Waals surface area contributed by atoms with E-state index in [1.807, 2.05) is 0 Å². The van der Waals surface area contributed by atoms with E-state index in [9.17, 15) is 14.0 Å². The maximum Gasteiger partial charge on any atom is 0.256 e. The molecular formula is C24H17FN4O3. The number of rotatable bonds is 6. The summed E-state index contributed by atoms with van der Waals surface area (Å²) < 4.78 is 19.2. The fraction of sp³-hybridized carbons (Fsp3) is 0. The Morgan fingerprint density at radius 1 is 0.938 bits per heavy atom. The highest BCUT2D eigenvalue weighted by atomic mass is 19.1. The van der Waals surface area contributed by atoms with Gasteiger partial charge in [-0.25, -0.2) is 9.37 Å². The maximum absolute atomic E-state index is 13.3. The Kier molecular flexibility index (Phi) is 5.85. The van der Waals surface area contributed by atoms with Crippen molar-refractivity contribution in [3.63, 3.8) is 0 Å². The summed E-state index contributed by atoms with van der Waals surface area (Å²) >= 11 is 0. The van der Waals surface area contributed by atoms with Crippen LogP contribution in [0, 0.1) is 5.82 Å². The Morgan fingerprint density at radius 3 is 2.47 bits per heavy atom. The van der Waals surface area contributed by atoms with Crippen LogP contribution in [-0.2, 0) is 4.79 Å². The molecular weight excluding hydrogens is 411 g/mol. The molecule has 0 radical (unpaired) electrons. The lowest BCUT2D eigenvalue weighted by Gasteiger charge is -2.11. The van der Waals surface area contributed by atoms with Gasteiger partial charge in [0.1, 0.15) is 23.1 Å². The zero-order valence-electron chi connectivity index (χ0n) is 16.7. The SMILES string of the molecule is C=CC(=O)Nc1ccc2nccc(Oc3ccc(C(=O)Nc4cc(F)ccn4)cc3)c2c1. The van der Waals surface area contributed by atoms with E-state index in [4.69, 9.17) is 4.74 Å². The van der Waals surface area contributed by atoms with Gasteiger partial charge in [-0.15, -0.1) is 0 Å². The van der Waals surface area contributed by atoms with E-state index in [0.717, 1.165) is 6.07 Å². The first-order valence-electron chi connectivity index (χ1n) is 9.55. The number of pyridine rings is 2. The number of nitrogens with zero attached hydrogens (tertiary/aromatic N) is 2. The van der Waals surface area contributed by atoms with Crippen LogP contribution < -0.4 is 15.4 Å². The molecule has 0 aliphatic heterocycles. The van der Waals surface area contributed by atoms with Crippen LogP contribution in [0.5, 0.6) is 11.5 Å². The van der Waals surface area contributed by atoms with Crippen LogP contribution in [0.2, 0.25) is 0 Å². The highest BCUT2D eigenvalue weighted by molar-refractivity contribution is 6.04. The van der Waals surface area contributed by atoms with E-state index in [1.54, 1.807) is 54.7 Å². The topological polar surface area (TPSA) is 93.2 Å². The average Bonchev–Trinajstić information content (AvgIpc) is 2.80. The first-order chi connectivity index (χ1) is 15.5. The largest absolute Gasteiger partial charge is 0.457 e. The van der Waals surface area contributed by atoms with Crippen LogP contribution in [0.1, 0.15) is 10.4 Å². The number of hydrogen-bond acceptors (Lipinski definition) is 5. The second-order valence-corrected chi connectivity index (χ2v) is 6.67. The lowest BCUT2D eigenvalue weighted by Crippen LogP contribution is -2.12. The summed E-state index contributed by atoms with van der Waals surface area (Å²) in [5, 5.41) is 5.95. The van der Waals surface area contributed by atoms with Gasteiger partial charge in [-0.05, 0) is 60.7 Å². The number of ether oxygens (including phenoxy) is 1. The summed E-state index contributed by atoms with van der Waals surface area (Å²) in [5.74, 6) is -0.0808. The Hall–Kier alpha value is -4.59. The van der Waals surface area contributed by atoms with Crippen LogP contribution in [-0.4, -0.2) is 21.8 Å². The number of carbonyl (C=O) groups excluding carboxylic acids is 2. The molecule has 2 amide bonds. The molecule has 4 rings (SSSR count). The first-order valence-corrected chi connectivity index (χ1v) is 9.55. The molecule has 0 fully saturated rings. The molecule has 32 heavy (non-hydrogen) atoms. The minimum Gasteiger partial charge on any atom is -0.457 e. The number of halogens is 1. The number of aromatic nitrogens is 2. The van der Waals surface area contributed by atoms with Gasteiger partial charge < -0.3 is 15.4 Å². The summed E-state index contributed by atoms with van der Waals surface area (Å²) in [4.78, 5) is 32.1. The molecule has 0 saturated carbocycles. The molecule has 0 aliphatic carbocycles. The van der Waals surface area contributed by atoms with Gasteiger partial charge in [0, 0.05) is 35.1 Å². The Labute approximate surface area is 182 Å². The third-order valence-corrected chi connectivity index (χ3v) is 4.46. The lowest BCUT2D eigenvalue weighted by molar-refractivity contribution is -0.111. The number of anilines is 2. The van der Waals surface area contributed by atoms with Crippen molar-refractivity contribution in [2.24, 2.45) is 0 Å². The number of amides is 2. The summed E-state index contributed by atoms with van der Waals surface area (Å²) in [7, 11) is 0. The van der Waals surface area contributed by atoms with Gasteiger partial charge in [0.2, 0.25) is 5.91 Å². The molecule has 2 aromatic heterocycles. The van der Waals surface area contributed by atoms with Crippen LogP contribution in [0.25, 0.3) is 10.9 Å². The molecule has 0 spiro atoms. The Bertz CT molecular complexity index is 1320. The summed E-state index contributed by atoms with van der Waals surface area (Å²) in [5.41, 5.74) is 1.63. The van der Waals surface area contributed by atoms with Crippen molar-refractivity contribution in [3.05, 3.63) is 97.1 Å². The number of nitrogens with one attached hydrogen (secondary N) is 2. The van der Waals surface area contributed by atoms with Crippen molar-refractivity contribution >= 4 is 34.2 Å². The molecule has 2 heterocycles. The van der Waals surface area contributed by atoms with E-state index in [0.29, 0.717) is 33.7 Å². The maximum atomic E-state index is 13.3. The molecule has 158 valence electrons. The summed E-state index contributed by atoms with van der Waals surface area (Å²) in [6.45, 7) is 3.44.